The summed E-state index contributed by atoms with van der Waals surface area (Å²) in [6.07, 6.45) is 0. The Kier molecular flexibility index (Phi) is 2.32. The fourth-order valence-electron chi connectivity index (χ4n) is 1.37. The molecule has 0 N–H and O–H groups in total. The molecule has 1 aliphatic rings. The summed E-state index contributed by atoms with van der Waals surface area (Å²) in [6, 6.07) is 3.85. The molecule has 0 atom stereocenters. The lowest BCUT2D eigenvalue weighted by molar-refractivity contribution is -0.387. The third kappa shape index (κ3) is 1.65. The van der Waals surface area contributed by atoms with Gasteiger partial charge in [0.2, 0.25) is 11.7 Å². The van der Waals surface area contributed by atoms with Gasteiger partial charge < -0.3 is 4.74 Å². The standard InChI is InChI=1S/C9H7FN2O3/c10-7-3-1-2-6(8(7)12(13)14)9-11-4-5-15-9/h1-3H,4-5H2. The molecule has 1 aromatic rings. The Hall–Kier alpha value is -1.98. The number of hydrogen-bond donors (Lipinski definition) is 0. The van der Waals surface area contributed by atoms with Gasteiger partial charge in [-0.15, -0.1) is 0 Å². The number of nitro groups is 1. The van der Waals surface area contributed by atoms with Crippen molar-refractivity contribution < 1.29 is 14.1 Å². The van der Waals surface area contributed by atoms with Crippen LogP contribution in [0.3, 0.4) is 0 Å². The summed E-state index contributed by atoms with van der Waals surface area (Å²) in [5, 5.41) is 10.7. The molecule has 2 rings (SSSR count). The molecule has 0 bridgehead atoms. The van der Waals surface area contributed by atoms with Crippen LogP contribution in [0.2, 0.25) is 0 Å². The smallest absolute Gasteiger partial charge is 0.317 e. The zero-order chi connectivity index (χ0) is 10.8. The van der Waals surface area contributed by atoms with Crippen molar-refractivity contribution in [2.45, 2.75) is 0 Å². The van der Waals surface area contributed by atoms with Crippen LogP contribution in [0.15, 0.2) is 23.2 Å². The predicted octanol–water partition coefficient (Wildman–Crippen LogP) is 1.51. The van der Waals surface area contributed by atoms with Crippen molar-refractivity contribution in [1.82, 2.24) is 0 Å². The third-order valence-corrected chi connectivity index (χ3v) is 1.99. The van der Waals surface area contributed by atoms with E-state index in [2.05, 4.69) is 4.99 Å². The Morgan fingerprint density at radius 1 is 1.53 bits per heavy atom. The van der Waals surface area contributed by atoms with Gasteiger partial charge in [-0.3, -0.25) is 10.1 Å². The second-order valence-corrected chi connectivity index (χ2v) is 2.93. The molecule has 0 spiro atoms. The number of halogens is 1. The molecule has 1 aromatic carbocycles. The highest BCUT2D eigenvalue weighted by Gasteiger charge is 2.25. The highest BCUT2D eigenvalue weighted by Crippen LogP contribution is 2.24. The van der Waals surface area contributed by atoms with E-state index >= 15 is 0 Å². The van der Waals surface area contributed by atoms with E-state index in [1.165, 1.54) is 12.1 Å². The van der Waals surface area contributed by atoms with Gasteiger partial charge in [0.1, 0.15) is 12.2 Å². The van der Waals surface area contributed by atoms with E-state index in [4.69, 9.17) is 4.74 Å². The molecule has 1 heterocycles. The second kappa shape index (κ2) is 3.64. The van der Waals surface area contributed by atoms with E-state index in [1.54, 1.807) is 0 Å². The number of para-hydroxylation sites is 1. The molecule has 1 aliphatic heterocycles. The van der Waals surface area contributed by atoms with Crippen LogP contribution in [0.1, 0.15) is 5.56 Å². The Bertz CT molecular complexity index is 445. The maximum absolute atomic E-state index is 13.2. The first-order valence-electron chi connectivity index (χ1n) is 4.30. The summed E-state index contributed by atoms with van der Waals surface area (Å²) in [5.41, 5.74) is -0.490. The third-order valence-electron chi connectivity index (χ3n) is 1.99. The lowest BCUT2D eigenvalue weighted by Gasteiger charge is -2.02. The fraction of sp³-hybridized carbons (Fsp3) is 0.222. The molecule has 0 fully saturated rings. The van der Waals surface area contributed by atoms with E-state index in [1.807, 2.05) is 0 Å². The molecule has 6 heteroatoms. The number of aliphatic imine (C=N–C) groups is 1. The maximum atomic E-state index is 13.2. The Morgan fingerprint density at radius 2 is 2.33 bits per heavy atom. The molecule has 0 aromatic heterocycles. The molecule has 78 valence electrons. The van der Waals surface area contributed by atoms with Crippen molar-refractivity contribution in [3.05, 3.63) is 39.7 Å². The Morgan fingerprint density at radius 3 is 2.93 bits per heavy atom. The quantitative estimate of drug-likeness (QED) is 0.549. The average Bonchev–Trinajstić information content (AvgIpc) is 2.69. The first-order valence-corrected chi connectivity index (χ1v) is 4.30. The van der Waals surface area contributed by atoms with E-state index in [9.17, 15) is 14.5 Å². The van der Waals surface area contributed by atoms with Gasteiger partial charge in [0.05, 0.1) is 11.5 Å². The number of rotatable bonds is 2. The Labute approximate surface area is 84.3 Å². The van der Waals surface area contributed by atoms with Crippen LogP contribution < -0.4 is 0 Å². The number of nitrogens with zero attached hydrogens (tertiary/aromatic N) is 2. The zero-order valence-electron chi connectivity index (χ0n) is 7.64. The minimum absolute atomic E-state index is 0.0949. The normalized spacial score (nSPS) is 14.6. The van der Waals surface area contributed by atoms with Gasteiger partial charge in [-0.2, -0.15) is 4.39 Å². The van der Waals surface area contributed by atoms with Crippen molar-refractivity contribution in [2.24, 2.45) is 4.99 Å². The van der Waals surface area contributed by atoms with Crippen LogP contribution >= 0.6 is 0 Å². The van der Waals surface area contributed by atoms with Crippen LogP contribution in [0, 0.1) is 15.9 Å². The summed E-state index contributed by atoms with van der Waals surface area (Å²) in [7, 11) is 0. The molecule has 0 saturated heterocycles. The minimum atomic E-state index is -0.879. The van der Waals surface area contributed by atoms with Gasteiger partial charge in [-0.25, -0.2) is 4.99 Å². The van der Waals surface area contributed by atoms with Crippen LogP contribution in [0.25, 0.3) is 0 Å². The van der Waals surface area contributed by atoms with E-state index in [0.717, 1.165) is 6.07 Å². The van der Waals surface area contributed by atoms with Crippen LogP contribution in [0.5, 0.6) is 0 Å². The molecule has 0 saturated carbocycles. The molecule has 15 heavy (non-hydrogen) atoms. The highest BCUT2D eigenvalue weighted by atomic mass is 19.1. The lowest BCUT2D eigenvalue weighted by atomic mass is 10.1. The number of benzene rings is 1. The SMILES string of the molecule is O=[N+]([O-])c1c(F)cccc1C1=NCCO1. The molecule has 5 nitrogen and oxygen atoms in total. The van der Waals surface area contributed by atoms with Gasteiger partial charge in [0.25, 0.3) is 0 Å². The summed E-state index contributed by atoms with van der Waals surface area (Å²) >= 11 is 0. The largest absolute Gasteiger partial charge is 0.475 e. The number of hydrogen-bond acceptors (Lipinski definition) is 4. The van der Waals surface area contributed by atoms with Crippen LogP contribution in [-0.4, -0.2) is 24.0 Å². The number of ether oxygens (including phenoxy) is 1. The fourth-order valence-corrected chi connectivity index (χ4v) is 1.37. The van der Waals surface area contributed by atoms with E-state index < -0.39 is 16.4 Å². The molecule has 0 unspecified atom stereocenters. The van der Waals surface area contributed by atoms with E-state index in [-0.39, 0.29) is 11.5 Å². The molecular weight excluding hydrogens is 203 g/mol. The van der Waals surface area contributed by atoms with E-state index in [0.29, 0.717) is 13.2 Å². The summed E-state index contributed by atoms with van der Waals surface area (Å²) < 4.78 is 18.3. The summed E-state index contributed by atoms with van der Waals surface area (Å²) in [6.45, 7) is 0.825. The second-order valence-electron chi connectivity index (χ2n) is 2.93. The first kappa shape index (κ1) is 9.57. The van der Waals surface area contributed by atoms with Gasteiger partial charge >= 0.3 is 5.69 Å². The predicted molar refractivity (Wildman–Crippen MR) is 50.4 cm³/mol. The first-order chi connectivity index (χ1) is 7.20. The topological polar surface area (TPSA) is 64.7 Å². The van der Waals surface area contributed by atoms with Gasteiger partial charge in [0.15, 0.2) is 0 Å². The van der Waals surface area contributed by atoms with Crippen molar-refractivity contribution in [2.75, 3.05) is 13.2 Å². The molecule has 0 radical (unpaired) electrons. The van der Waals surface area contributed by atoms with Gasteiger partial charge in [0, 0.05) is 0 Å². The lowest BCUT2D eigenvalue weighted by Crippen LogP contribution is -2.06. The number of nitro benzene ring substituents is 1. The van der Waals surface area contributed by atoms with Crippen molar-refractivity contribution >= 4 is 11.6 Å². The molecule has 0 aliphatic carbocycles. The highest BCUT2D eigenvalue weighted by molar-refractivity contribution is 5.98. The van der Waals surface area contributed by atoms with Crippen LogP contribution in [-0.2, 0) is 4.74 Å². The molecular formula is C9H7FN2O3. The minimum Gasteiger partial charge on any atom is -0.475 e. The summed E-state index contributed by atoms with van der Waals surface area (Å²) in [5.74, 6) is -0.739. The monoisotopic (exact) mass is 210 g/mol. The van der Waals surface area contributed by atoms with Gasteiger partial charge in [-0.05, 0) is 12.1 Å². The summed E-state index contributed by atoms with van der Waals surface area (Å²) in [4.78, 5) is 13.8. The molecule has 0 amide bonds. The van der Waals surface area contributed by atoms with Crippen molar-refractivity contribution in [1.29, 1.82) is 0 Å². The van der Waals surface area contributed by atoms with Crippen molar-refractivity contribution in [3.8, 4) is 0 Å². The zero-order valence-corrected chi connectivity index (χ0v) is 7.64. The van der Waals surface area contributed by atoms with Gasteiger partial charge in [-0.1, -0.05) is 6.07 Å². The maximum Gasteiger partial charge on any atom is 0.317 e. The average molecular weight is 210 g/mol. The van der Waals surface area contributed by atoms with Crippen molar-refractivity contribution in [3.63, 3.8) is 0 Å². The van der Waals surface area contributed by atoms with Crippen LogP contribution in [0.4, 0.5) is 10.1 Å². The Balaban J connectivity index is 2.55.